The summed E-state index contributed by atoms with van der Waals surface area (Å²) in [5.41, 5.74) is 6.26. The zero-order valence-electron chi connectivity index (χ0n) is 16.7. The SMILES string of the molecule is CC(=O)N1CCN(C2CCNCC2NC(=O)c2c(N)nn3c2NCC(F)C3)CC1. The van der Waals surface area contributed by atoms with Crippen LogP contribution in [0.15, 0.2) is 0 Å². The summed E-state index contributed by atoms with van der Waals surface area (Å²) in [7, 11) is 0. The number of carbonyl (C=O) groups excluding carboxylic acids is 2. The van der Waals surface area contributed by atoms with E-state index in [0.717, 1.165) is 26.1 Å². The number of amides is 2. The number of nitrogens with one attached hydrogen (secondary N) is 3. The number of anilines is 2. The van der Waals surface area contributed by atoms with Gasteiger partial charge in [-0.15, -0.1) is 0 Å². The Kier molecular flexibility index (Phi) is 5.59. The highest BCUT2D eigenvalue weighted by molar-refractivity contribution is 6.03. The van der Waals surface area contributed by atoms with Crippen molar-refractivity contribution >= 4 is 23.5 Å². The number of nitrogens with zero attached hydrogens (tertiary/aromatic N) is 4. The molecule has 0 saturated carbocycles. The van der Waals surface area contributed by atoms with Crippen LogP contribution in [0.25, 0.3) is 0 Å². The number of rotatable bonds is 3. The Morgan fingerprint density at radius 1 is 1.24 bits per heavy atom. The second-order valence-electron chi connectivity index (χ2n) is 7.95. The fourth-order valence-electron chi connectivity index (χ4n) is 4.51. The molecule has 1 aromatic heterocycles. The highest BCUT2D eigenvalue weighted by Gasteiger charge is 2.35. The second kappa shape index (κ2) is 8.15. The van der Waals surface area contributed by atoms with Gasteiger partial charge >= 0.3 is 0 Å². The molecule has 3 unspecified atom stereocenters. The summed E-state index contributed by atoms with van der Waals surface area (Å²) in [6.07, 6.45) is -0.146. The van der Waals surface area contributed by atoms with E-state index in [-0.39, 0.29) is 48.4 Å². The van der Waals surface area contributed by atoms with E-state index in [9.17, 15) is 14.0 Å². The Morgan fingerprint density at radius 2 is 2.00 bits per heavy atom. The molecule has 3 aliphatic heterocycles. The van der Waals surface area contributed by atoms with Crippen LogP contribution in [0.4, 0.5) is 16.0 Å². The molecule has 4 heterocycles. The number of nitrogens with two attached hydrogens (primary N) is 1. The van der Waals surface area contributed by atoms with Crippen LogP contribution in [0.1, 0.15) is 23.7 Å². The first-order chi connectivity index (χ1) is 13.9. The third-order valence-corrected chi connectivity index (χ3v) is 6.06. The molecule has 0 aromatic carbocycles. The number of halogens is 1. The van der Waals surface area contributed by atoms with Crippen LogP contribution in [-0.2, 0) is 11.3 Å². The van der Waals surface area contributed by atoms with Gasteiger partial charge in [0.25, 0.3) is 5.91 Å². The molecular weight excluding hydrogens is 379 g/mol. The third-order valence-electron chi connectivity index (χ3n) is 6.06. The molecule has 1 aromatic rings. The molecule has 2 fully saturated rings. The van der Waals surface area contributed by atoms with E-state index in [4.69, 9.17) is 5.73 Å². The van der Waals surface area contributed by atoms with Crippen LogP contribution >= 0.6 is 0 Å². The topological polar surface area (TPSA) is 121 Å². The molecule has 2 amide bonds. The van der Waals surface area contributed by atoms with Crippen LogP contribution in [0.2, 0.25) is 0 Å². The number of hydrogen-bond donors (Lipinski definition) is 4. The molecule has 29 heavy (non-hydrogen) atoms. The smallest absolute Gasteiger partial charge is 0.259 e. The van der Waals surface area contributed by atoms with Gasteiger partial charge in [0.05, 0.1) is 12.6 Å². The monoisotopic (exact) mass is 408 g/mol. The van der Waals surface area contributed by atoms with Gasteiger partial charge in [-0.2, -0.15) is 5.10 Å². The molecule has 5 N–H and O–H groups in total. The fourth-order valence-corrected chi connectivity index (χ4v) is 4.51. The maximum atomic E-state index is 13.6. The third kappa shape index (κ3) is 4.01. The second-order valence-corrected chi connectivity index (χ2v) is 7.95. The summed E-state index contributed by atoms with van der Waals surface area (Å²) < 4.78 is 15.0. The maximum Gasteiger partial charge on any atom is 0.259 e. The van der Waals surface area contributed by atoms with E-state index in [2.05, 4.69) is 25.9 Å². The van der Waals surface area contributed by atoms with Gasteiger partial charge in [0.1, 0.15) is 17.6 Å². The molecule has 4 rings (SSSR count). The highest BCUT2D eigenvalue weighted by atomic mass is 19.1. The molecule has 0 spiro atoms. The van der Waals surface area contributed by atoms with Crippen molar-refractivity contribution in [3.63, 3.8) is 0 Å². The van der Waals surface area contributed by atoms with Crippen molar-refractivity contribution in [2.75, 3.05) is 56.9 Å². The van der Waals surface area contributed by atoms with Crippen molar-refractivity contribution in [1.82, 2.24) is 30.2 Å². The molecule has 160 valence electrons. The Labute approximate surface area is 168 Å². The molecule has 3 aliphatic rings. The van der Waals surface area contributed by atoms with Gasteiger partial charge in [0, 0.05) is 52.2 Å². The summed E-state index contributed by atoms with van der Waals surface area (Å²) in [4.78, 5) is 28.8. The molecule has 2 saturated heterocycles. The molecule has 0 radical (unpaired) electrons. The number of fused-ring (bicyclic) bond motifs is 1. The Hall–Kier alpha value is -2.40. The first-order valence-corrected chi connectivity index (χ1v) is 10.2. The molecule has 11 heteroatoms. The Bertz CT molecular complexity index is 776. The minimum absolute atomic E-state index is 0.0902. The number of hydrogen-bond acceptors (Lipinski definition) is 7. The van der Waals surface area contributed by atoms with E-state index in [1.807, 2.05) is 4.90 Å². The first kappa shape index (κ1) is 19.9. The van der Waals surface area contributed by atoms with Crippen molar-refractivity contribution in [1.29, 1.82) is 0 Å². The zero-order valence-corrected chi connectivity index (χ0v) is 16.7. The van der Waals surface area contributed by atoms with Crippen molar-refractivity contribution in [2.24, 2.45) is 0 Å². The van der Waals surface area contributed by atoms with Crippen molar-refractivity contribution < 1.29 is 14.0 Å². The summed E-state index contributed by atoms with van der Waals surface area (Å²) in [6, 6.07) is 0.0951. The average Bonchev–Trinajstić information content (AvgIpc) is 3.03. The van der Waals surface area contributed by atoms with Crippen molar-refractivity contribution in [3.05, 3.63) is 5.56 Å². The molecular formula is C18H29FN8O2. The largest absolute Gasteiger partial charge is 0.381 e. The molecule has 0 aliphatic carbocycles. The zero-order chi connectivity index (χ0) is 20.5. The number of piperazine rings is 1. The minimum Gasteiger partial charge on any atom is -0.381 e. The van der Waals surface area contributed by atoms with Crippen LogP contribution in [-0.4, -0.2) is 95.5 Å². The molecule has 0 bridgehead atoms. The molecule has 10 nitrogen and oxygen atoms in total. The summed E-state index contributed by atoms with van der Waals surface area (Å²) in [6.45, 7) is 6.37. The summed E-state index contributed by atoms with van der Waals surface area (Å²) in [5, 5.41) is 13.5. The van der Waals surface area contributed by atoms with Gasteiger partial charge in [-0.3, -0.25) is 14.5 Å². The number of carbonyl (C=O) groups is 2. The lowest BCUT2D eigenvalue weighted by Gasteiger charge is -2.44. The Morgan fingerprint density at radius 3 is 2.72 bits per heavy atom. The highest BCUT2D eigenvalue weighted by Crippen LogP contribution is 2.26. The van der Waals surface area contributed by atoms with E-state index in [1.54, 1.807) is 6.92 Å². The van der Waals surface area contributed by atoms with Crippen molar-refractivity contribution in [2.45, 2.75) is 38.1 Å². The van der Waals surface area contributed by atoms with Gasteiger partial charge in [-0.05, 0) is 13.0 Å². The van der Waals surface area contributed by atoms with Gasteiger partial charge in [0.15, 0.2) is 5.82 Å². The lowest BCUT2D eigenvalue weighted by molar-refractivity contribution is -0.131. The van der Waals surface area contributed by atoms with E-state index in [1.165, 1.54) is 4.68 Å². The normalized spacial score (nSPS) is 27.8. The summed E-state index contributed by atoms with van der Waals surface area (Å²) in [5.74, 6) is 0.387. The number of alkyl halides is 1. The van der Waals surface area contributed by atoms with Gasteiger partial charge < -0.3 is 26.6 Å². The average molecular weight is 408 g/mol. The van der Waals surface area contributed by atoms with E-state index >= 15 is 0 Å². The Balaban J connectivity index is 1.45. The quantitative estimate of drug-likeness (QED) is 0.499. The van der Waals surface area contributed by atoms with Gasteiger partial charge in [0.2, 0.25) is 5.91 Å². The van der Waals surface area contributed by atoms with E-state index in [0.29, 0.717) is 25.5 Å². The fraction of sp³-hybridized carbons (Fsp3) is 0.722. The minimum atomic E-state index is -1.06. The van der Waals surface area contributed by atoms with Gasteiger partial charge in [-0.1, -0.05) is 0 Å². The predicted octanol–water partition coefficient (Wildman–Crippen LogP) is -1.15. The van der Waals surface area contributed by atoms with Crippen molar-refractivity contribution in [3.8, 4) is 0 Å². The van der Waals surface area contributed by atoms with Gasteiger partial charge in [-0.25, -0.2) is 9.07 Å². The van der Waals surface area contributed by atoms with Crippen LogP contribution in [0, 0.1) is 0 Å². The van der Waals surface area contributed by atoms with E-state index < -0.39 is 6.17 Å². The van der Waals surface area contributed by atoms with Crippen LogP contribution in [0.5, 0.6) is 0 Å². The van der Waals surface area contributed by atoms with Crippen LogP contribution < -0.4 is 21.7 Å². The number of nitrogen functional groups attached to an aromatic ring is 1. The number of piperidine rings is 1. The molecule has 3 atom stereocenters. The number of aromatic nitrogens is 2. The standard InChI is InChI=1S/C18H29FN8O2/c1-11(28)25-4-6-26(7-5-25)14-2-3-21-9-13(14)23-18(29)15-16(20)24-27-10-12(19)8-22-17(15)27/h12-14,21-22H,2-10H2,1H3,(H2,20,24)(H,23,29). The lowest BCUT2D eigenvalue weighted by Crippen LogP contribution is -2.63. The summed E-state index contributed by atoms with van der Waals surface area (Å²) >= 11 is 0. The lowest BCUT2D eigenvalue weighted by atomic mass is 9.97. The first-order valence-electron chi connectivity index (χ1n) is 10.2. The maximum absolute atomic E-state index is 13.6. The van der Waals surface area contributed by atoms with Crippen LogP contribution in [0.3, 0.4) is 0 Å². The predicted molar refractivity (Wildman–Crippen MR) is 106 cm³/mol.